The molecule has 0 unspecified atom stereocenters. The van der Waals surface area contributed by atoms with Gasteiger partial charge in [0, 0.05) is 55.5 Å². The van der Waals surface area contributed by atoms with Gasteiger partial charge in [0.05, 0.1) is 11.4 Å². The molecule has 0 fully saturated rings. The number of hydrogen-bond donors (Lipinski definition) is 2. The lowest BCUT2D eigenvalue weighted by atomic mass is 9.80. The largest absolute Gasteiger partial charge is 0.299 e. The Morgan fingerprint density at radius 3 is 1.26 bits per heavy atom. The molecule has 6 aromatic rings. The Morgan fingerprint density at radius 1 is 0.500 bits per heavy atom. The summed E-state index contributed by atoms with van der Waals surface area (Å²) in [6.45, 7) is 8.87. The Labute approximate surface area is 257 Å². The summed E-state index contributed by atoms with van der Waals surface area (Å²) in [6.07, 6.45) is 4.33. The fourth-order valence-corrected chi connectivity index (χ4v) is 7.10. The van der Waals surface area contributed by atoms with Gasteiger partial charge in [0.1, 0.15) is 11.6 Å². The van der Waals surface area contributed by atoms with E-state index in [1.165, 1.54) is 0 Å². The van der Waals surface area contributed by atoms with E-state index in [2.05, 4.69) is 134 Å². The Hall–Kier alpha value is -4.00. The summed E-state index contributed by atoms with van der Waals surface area (Å²) in [5.41, 5.74) is 7.25. The van der Waals surface area contributed by atoms with Crippen molar-refractivity contribution in [2.45, 2.75) is 48.3 Å². The zero-order chi connectivity index (χ0) is 29.2. The SMILES string of the molecule is CC1(C)c2cn(-c3ccccc3)c(n2)-c2cccc(c2S)C(C)(C)c2cn(-c3ccccc3)c(n2)-c2cccc1c2S. The Kier molecular flexibility index (Phi) is 6.26. The monoisotopic (exact) mass is 584 g/mol. The molecular weight excluding hydrogens is 553 g/mol. The number of thiol groups is 2. The van der Waals surface area contributed by atoms with Crippen molar-refractivity contribution in [1.29, 1.82) is 0 Å². The number of fused-ring (bicyclic) bond motifs is 10. The maximum atomic E-state index is 5.34. The van der Waals surface area contributed by atoms with E-state index >= 15 is 0 Å². The third-order valence-corrected chi connectivity index (χ3v) is 9.63. The lowest BCUT2D eigenvalue weighted by Crippen LogP contribution is -2.21. The topological polar surface area (TPSA) is 35.6 Å². The third kappa shape index (κ3) is 4.08. The second-order valence-corrected chi connectivity index (χ2v) is 12.9. The summed E-state index contributed by atoms with van der Waals surface area (Å²) in [5, 5.41) is 0. The maximum absolute atomic E-state index is 5.34. The molecule has 4 aromatic carbocycles. The number of aromatic nitrogens is 4. The zero-order valence-corrected chi connectivity index (χ0v) is 25.9. The van der Waals surface area contributed by atoms with Crippen LogP contribution in [-0.4, -0.2) is 19.1 Å². The van der Waals surface area contributed by atoms with Gasteiger partial charge in [-0.1, -0.05) is 100 Å². The lowest BCUT2D eigenvalue weighted by molar-refractivity contribution is 0.605. The van der Waals surface area contributed by atoms with Crippen LogP contribution in [0, 0.1) is 0 Å². The summed E-state index contributed by atoms with van der Waals surface area (Å²) in [7, 11) is 0. The average molecular weight is 585 g/mol. The van der Waals surface area contributed by atoms with Crippen molar-refractivity contribution < 1.29 is 0 Å². The second kappa shape index (κ2) is 9.79. The van der Waals surface area contributed by atoms with Gasteiger partial charge in [-0.25, -0.2) is 9.97 Å². The van der Waals surface area contributed by atoms with Gasteiger partial charge in [-0.15, -0.1) is 25.3 Å². The molecule has 3 heterocycles. The fourth-order valence-electron chi connectivity index (χ4n) is 6.05. The van der Waals surface area contributed by atoms with Gasteiger partial charge in [0.15, 0.2) is 0 Å². The molecule has 0 spiro atoms. The molecule has 4 nitrogen and oxygen atoms in total. The fraction of sp³-hybridized carbons (Fsp3) is 0.167. The predicted octanol–water partition coefficient (Wildman–Crippen LogP) is 8.93. The molecule has 0 atom stereocenters. The van der Waals surface area contributed by atoms with E-state index in [-0.39, 0.29) is 0 Å². The van der Waals surface area contributed by atoms with Crippen LogP contribution in [0.5, 0.6) is 0 Å². The van der Waals surface area contributed by atoms with Gasteiger partial charge >= 0.3 is 0 Å². The second-order valence-electron chi connectivity index (χ2n) is 12.0. The number of imidazole rings is 2. The van der Waals surface area contributed by atoms with Gasteiger partial charge < -0.3 is 0 Å². The molecular formula is C36H32N4S2. The first kappa shape index (κ1) is 26.9. The van der Waals surface area contributed by atoms with E-state index in [1.54, 1.807) is 0 Å². The molecule has 0 amide bonds. The van der Waals surface area contributed by atoms with Crippen LogP contribution in [0.15, 0.2) is 119 Å². The number of para-hydroxylation sites is 2. The highest BCUT2D eigenvalue weighted by Crippen LogP contribution is 2.45. The third-order valence-electron chi connectivity index (χ3n) is 8.66. The smallest absolute Gasteiger partial charge is 0.145 e. The molecule has 208 valence electrons. The van der Waals surface area contributed by atoms with E-state index in [9.17, 15) is 0 Å². The lowest BCUT2D eigenvalue weighted by Gasteiger charge is -2.27. The molecule has 2 aromatic heterocycles. The molecule has 1 aliphatic heterocycles. The first-order chi connectivity index (χ1) is 20.2. The Bertz CT molecular complexity index is 1810. The summed E-state index contributed by atoms with van der Waals surface area (Å²) < 4.78 is 4.37. The highest BCUT2D eigenvalue weighted by atomic mass is 32.1. The highest BCUT2D eigenvalue weighted by molar-refractivity contribution is 7.80. The number of benzene rings is 4. The molecule has 8 bridgehead atoms. The normalized spacial score (nSPS) is 14.8. The molecule has 7 rings (SSSR count). The zero-order valence-electron chi connectivity index (χ0n) is 24.1. The van der Waals surface area contributed by atoms with E-state index in [4.69, 9.17) is 35.2 Å². The van der Waals surface area contributed by atoms with Crippen molar-refractivity contribution in [2.24, 2.45) is 0 Å². The summed E-state index contributed by atoms with van der Waals surface area (Å²) in [4.78, 5) is 12.5. The summed E-state index contributed by atoms with van der Waals surface area (Å²) >= 11 is 10.4. The molecule has 0 N–H and O–H groups in total. The minimum Gasteiger partial charge on any atom is -0.299 e. The predicted molar refractivity (Wildman–Crippen MR) is 177 cm³/mol. The van der Waals surface area contributed by atoms with Gasteiger partial charge in [-0.2, -0.15) is 0 Å². The molecule has 0 aliphatic carbocycles. The number of nitrogens with zero attached hydrogens (tertiary/aromatic N) is 4. The van der Waals surface area contributed by atoms with Gasteiger partial charge in [-0.05, 0) is 35.4 Å². The molecule has 42 heavy (non-hydrogen) atoms. The van der Waals surface area contributed by atoms with Crippen LogP contribution in [0.2, 0.25) is 0 Å². The Morgan fingerprint density at radius 2 is 0.881 bits per heavy atom. The molecule has 0 saturated carbocycles. The van der Waals surface area contributed by atoms with Crippen LogP contribution in [0.25, 0.3) is 34.2 Å². The minimum absolute atomic E-state index is 0.452. The van der Waals surface area contributed by atoms with E-state index in [0.717, 1.165) is 66.5 Å². The molecule has 6 heteroatoms. The maximum Gasteiger partial charge on any atom is 0.145 e. The number of rotatable bonds is 2. The minimum atomic E-state index is -0.452. The van der Waals surface area contributed by atoms with E-state index < -0.39 is 10.8 Å². The molecule has 0 radical (unpaired) electrons. The van der Waals surface area contributed by atoms with Gasteiger partial charge in [0.25, 0.3) is 0 Å². The Balaban J connectivity index is 1.60. The van der Waals surface area contributed by atoms with Crippen molar-refractivity contribution in [3.63, 3.8) is 0 Å². The first-order valence-corrected chi connectivity index (χ1v) is 15.0. The van der Waals surface area contributed by atoms with Crippen molar-refractivity contribution in [2.75, 3.05) is 0 Å². The van der Waals surface area contributed by atoms with Crippen molar-refractivity contribution in [3.8, 4) is 34.2 Å². The van der Waals surface area contributed by atoms with E-state index in [1.807, 2.05) is 12.1 Å². The van der Waals surface area contributed by atoms with Crippen molar-refractivity contribution >= 4 is 25.3 Å². The summed E-state index contributed by atoms with van der Waals surface area (Å²) in [5.74, 6) is 1.72. The summed E-state index contributed by atoms with van der Waals surface area (Å²) in [6, 6.07) is 33.5. The standard InChI is InChI=1S/C36H32N4S2/c1-35(2)27-19-11-17-25(31(27)41)34-38-30(22-40(34)24-15-9-6-10-16-24)36(3,4)28-20-12-18-26(32(28)42)33-37-29(35)21-39(33)23-13-7-5-8-14-23/h5-22,41-42H,1-4H3. The van der Waals surface area contributed by atoms with Crippen LogP contribution < -0.4 is 0 Å². The van der Waals surface area contributed by atoms with Crippen LogP contribution in [0.4, 0.5) is 0 Å². The van der Waals surface area contributed by atoms with Gasteiger partial charge in [-0.3, -0.25) is 9.13 Å². The van der Waals surface area contributed by atoms with Crippen molar-refractivity contribution in [3.05, 3.63) is 132 Å². The van der Waals surface area contributed by atoms with Crippen LogP contribution in [0.1, 0.15) is 50.2 Å². The molecule has 1 aliphatic rings. The molecule has 0 saturated heterocycles. The number of hydrogen-bond acceptors (Lipinski definition) is 4. The average Bonchev–Trinajstić information content (AvgIpc) is 3.64. The quantitative estimate of drug-likeness (QED) is 0.199. The van der Waals surface area contributed by atoms with Crippen LogP contribution >= 0.6 is 25.3 Å². The van der Waals surface area contributed by atoms with Crippen LogP contribution in [0.3, 0.4) is 0 Å². The highest BCUT2D eigenvalue weighted by Gasteiger charge is 2.35. The van der Waals surface area contributed by atoms with E-state index in [0.29, 0.717) is 0 Å². The van der Waals surface area contributed by atoms with Crippen molar-refractivity contribution in [1.82, 2.24) is 19.1 Å². The van der Waals surface area contributed by atoms with Gasteiger partial charge in [0.2, 0.25) is 0 Å². The first-order valence-electron chi connectivity index (χ1n) is 14.1. The van der Waals surface area contributed by atoms with Crippen LogP contribution in [-0.2, 0) is 10.8 Å².